The van der Waals surface area contributed by atoms with E-state index in [-0.39, 0.29) is 5.91 Å². The number of hydrogen-bond acceptors (Lipinski definition) is 2. The molecule has 0 aromatic carbocycles. The third-order valence-electron chi connectivity index (χ3n) is 4.02. The summed E-state index contributed by atoms with van der Waals surface area (Å²) in [7, 11) is 0. The molecule has 3 nitrogen and oxygen atoms in total. The van der Waals surface area contributed by atoms with Crippen molar-refractivity contribution in [3.8, 4) is 0 Å². The van der Waals surface area contributed by atoms with E-state index < -0.39 is 0 Å². The second kappa shape index (κ2) is 7.70. The van der Waals surface area contributed by atoms with Crippen molar-refractivity contribution < 1.29 is 4.79 Å². The van der Waals surface area contributed by atoms with Crippen LogP contribution in [0.5, 0.6) is 0 Å². The average molecular weight is 240 g/mol. The van der Waals surface area contributed by atoms with E-state index in [1.807, 2.05) is 0 Å². The van der Waals surface area contributed by atoms with Crippen LogP contribution >= 0.6 is 0 Å². The van der Waals surface area contributed by atoms with Gasteiger partial charge in [0.2, 0.25) is 5.91 Å². The molecule has 0 bridgehead atoms. The van der Waals surface area contributed by atoms with Gasteiger partial charge in [-0.3, -0.25) is 4.79 Å². The highest BCUT2D eigenvalue weighted by Gasteiger charge is 2.19. The van der Waals surface area contributed by atoms with Crippen LogP contribution in [0.25, 0.3) is 0 Å². The Labute approximate surface area is 106 Å². The van der Waals surface area contributed by atoms with Crippen LogP contribution in [-0.4, -0.2) is 19.0 Å². The maximum absolute atomic E-state index is 11.7. The van der Waals surface area contributed by atoms with Crippen LogP contribution in [0, 0.1) is 17.8 Å². The van der Waals surface area contributed by atoms with Crippen LogP contribution in [0.1, 0.15) is 52.4 Å². The van der Waals surface area contributed by atoms with E-state index in [4.69, 9.17) is 5.73 Å². The van der Waals surface area contributed by atoms with E-state index in [0.29, 0.717) is 24.8 Å². The van der Waals surface area contributed by atoms with Gasteiger partial charge in [-0.05, 0) is 37.1 Å². The fourth-order valence-corrected chi connectivity index (χ4v) is 2.73. The molecule has 0 heterocycles. The second-order valence-corrected chi connectivity index (χ2v) is 5.66. The van der Waals surface area contributed by atoms with Crippen molar-refractivity contribution in [2.45, 2.75) is 52.4 Å². The molecule has 1 rings (SSSR count). The molecule has 3 atom stereocenters. The third-order valence-corrected chi connectivity index (χ3v) is 4.02. The van der Waals surface area contributed by atoms with Gasteiger partial charge in [-0.1, -0.05) is 33.1 Å². The normalized spacial score (nSPS) is 26.5. The lowest BCUT2D eigenvalue weighted by atomic mass is 9.82. The molecule has 0 aromatic heterocycles. The molecule has 0 aromatic rings. The van der Waals surface area contributed by atoms with Gasteiger partial charge >= 0.3 is 0 Å². The van der Waals surface area contributed by atoms with Gasteiger partial charge in [0, 0.05) is 13.0 Å². The van der Waals surface area contributed by atoms with E-state index >= 15 is 0 Å². The zero-order valence-electron chi connectivity index (χ0n) is 11.4. The summed E-state index contributed by atoms with van der Waals surface area (Å²) in [5, 5.41) is 3.08. The molecule has 100 valence electrons. The van der Waals surface area contributed by atoms with Crippen molar-refractivity contribution in [3.63, 3.8) is 0 Å². The molecular weight excluding hydrogens is 212 g/mol. The van der Waals surface area contributed by atoms with Gasteiger partial charge in [0.1, 0.15) is 0 Å². The summed E-state index contributed by atoms with van der Waals surface area (Å²) in [5.74, 6) is 2.06. The molecule has 1 aliphatic carbocycles. The summed E-state index contributed by atoms with van der Waals surface area (Å²) >= 11 is 0. The Bertz CT molecular complexity index is 226. The van der Waals surface area contributed by atoms with E-state index in [9.17, 15) is 4.79 Å². The predicted octanol–water partition coefficient (Wildman–Crippen LogP) is 2.30. The van der Waals surface area contributed by atoms with Crippen LogP contribution in [0.3, 0.4) is 0 Å². The molecular formula is C14H28N2O. The van der Waals surface area contributed by atoms with Crippen LogP contribution in [0.2, 0.25) is 0 Å². The highest BCUT2D eigenvalue weighted by atomic mass is 16.1. The average Bonchev–Trinajstić information content (AvgIpc) is 2.33. The number of hydrogen-bond donors (Lipinski definition) is 2. The summed E-state index contributed by atoms with van der Waals surface area (Å²) in [4.78, 5) is 11.7. The molecule has 3 N–H and O–H groups in total. The van der Waals surface area contributed by atoms with E-state index in [1.54, 1.807) is 0 Å². The summed E-state index contributed by atoms with van der Waals surface area (Å²) < 4.78 is 0. The smallest absolute Gasteiger partial charge is 0.220 e. The largest absolute Gasteiger partial charge is 0.356 e. The summed E-state index contributed by atoms with van der Waals surface area (Å²) in [5.41, 5.74) is 5.61. The van der Waals surface area contributed by atoms with Gasteiger partial charge in [-0.25, -0.2) is 0 Å². The van der Waals surface area contributed by atoms with E-state index in [0.717, 1.165) is 18.9 Å². The van der Waals surface area contributed by atoms with Crippen LogP contribution < -0.4 is 11.1 Å². The standard InChI is InChI=1S/C14H28N2O/c1-3-12(9-15)8-14(17)16-10-13-6-4-5-11(2)7-13/h11-13H,3-10,15H2,1-2H3,(H,16,17). The van der Waals surface area contributed by atoms with Gasteiger partial charge in [0.15, 0.2) is 0 Å². The lowest BCUT2D eigenvalue weighted by Gasteiger charge is -2.27. The van der Waals surface area contributed by atoms with Crippen molar-refractivity contribution in [3.05, 3.63) is 0 Å². The SMILES string of the molecule is CCC(CN)CC(=O)NCC1CCCC(C)C1. The second-order valence-electron chi connectivity index (χ2n) is 5.66. The molecule has 3 heteroatoms. The molecule has 1 aliphatic rings. The first-order chi connectivity index (χ1) is 8.15. The zero-order chi connectivity index (χ0) is 12.7. The molecule has 1 amide bonds. The van der Waals surface area contributed by atoms with Gasteiger partial charge in [-0.2, -0.15) is 0 Å². The van der Waals surface area contributed by atoms with Crippen LogP contribution in [-0.2, 0) is 4.79 Å². The number of nitrogens with one attached hydrogen (secondary N) is 1. The molecule has 1 saturated carbocycles. The number of carbonyl (C=O) groups is 1. The molecule has 0 aliphatic heterocycles. The van der Waals surface area contributed by atoms with Crippen LogP contribution in [0.4, 0.5) is 0 Å². The van der Waals surface area contributed by atoms with Crippen molar-refractivity contribution >= 4 is 5.91 Å². The minimum Gasteiger partial charge on any atom is -0.356 e. The molecule has 0 saturated heterocycles. The molecule has 0 radical (unpaired) electrons. The minimum absolute atomic E-state index is 0.181. The Morgan fingerprint density at radius 3 is 2.82 bits per heavy atom. The van der Waals surface area contributed by atoms with Crippen molar-refractivity contribution in [2.75, 3.05) is 13.1 Å². The molecule has 17 heavy (non-hydrogen) atoms. The summed E-state index contributed by atoms with van der Waals surface area (Å²) in [6, 6.07) is 0. The Morgan fingerprint density at radius 2 is 2.24 bits per heavy atom. The number of carbonyl (C=O) groups excluding carboxylic acids is 1. The predicted molar refractivity (Wildman–Crippen MR) is 71.6 cm³/mol. The molecule has 0 spiro atoms. The highest BCUT2D eigenvalue weighted by Crippen LogP contribution is 2.27. The fraction of sp³-hybridized carbons (Fsp3) is 0.929. The number of amides is 1. The first-order valence-electron chi connectivity index (χ1n) is 7.12. The van der Waals surface area contributed by atoms with Gasteiger partial charge in [0.05, 0.1) is 0 Å². The monoisotopic (exact) mass is 240 g/mol. The fourth-order valence-electron chi connectivity index (χ4n) is 2.73. The summed E-state index contributed by atoms with van der Waals surface area (Å²) in [6.45, 7) is 5.89. The maximum Gasteiger partial charge on any atom is 0.220 e. The topological polar surface area (TPSA) is 55.1 Å². The lowest BCUT2D eigenvalue weighted by molar-refractivity contribution is -0.122. The van der Waals surface area contributed by atoms with E-state index in [2.05, 4.69) is 19.2 Å². The Morgan fingerprint density at radius 1 is 1.47 bits per heavy atom. The highest BCUT2D eigenvalue weighted by molar-refractivity contribution is 5.76. The van der Waals surface area contributed by atoms with Crippen molar-refractivity contribution in [2.24, 2.45) is 23.5 Å². The number of rotatable bonds is 6. The van der Waals surface area contributed by atoms with Crippen LogP contribution in [0.15, 0.2) is 0 Å². The molecule has 3 unspecified atom stereocenters. The minimum atomic E-state index is 0.181. The lowest BCUT2D eigenvalue weighted by Crippen LogP contribution is -2.33. The first-order valence-corrected chi connectivity index (χ1v) is 7.12. The van der Waals surface area contributed by atoms with Crippen molar-refractivity contribution in [1.82, 2.24) is 5.32 Å². The van der Waals surface area contributed by atoms with Crippen molar-refractivity contribution in [1.29, 1.82) is 0 Å². The van der Waals surface area contributed by atoms with Gasteiger partial charge in [0.25, 0.3) is 0 Å². The Kier molecular flexibility index (Phi) is 6.56. The number of nitrogens with two attached hydrogens (primary N) is 1. The maximum atomic E-state index is 11.7. The summed E-state index contributed by atoms with van der Waals surface area (Å²) in [6.07, 6.45) is 6.81. The quantitative estimate of drug-likeness (QED) is 0.748. The first kappa shape index (κ1) is 14.5. The molecule has 1 fully saturated rings. The van der Waals surface area contributed by atoms with E-state index in [1.165, 1.54) is 25.7 Å². The van der Waals surface area contributed by atoms with Gasteiger partial charge in [-0.15, -0.1) is 0 Å². The Balaban J connectivity index is 2.18. The third kappa shape index (κ3) is 5.53. The zero-order valence-corrected chi connectivity index (χ0v) is 11.4. The van der Waals surface area contributed by atoms with Gasteiger partial charge < -0.3 is 11.1 Å². The Hall–Kier alpha value is -0.570.